The van der Waals surface area contributed by atoms with Crippen LogP contribution in [0.15, 0.2) is 60.7 Å². The molecule has 0 saturated carbocycles. The van der Waals surface area contributed by atoms with Crippen LogP contribution in [0, 0.1) is 0 Å². The van der Waals surface area contributed by atoms with E-state index in [-0.39, 0.29) is 12.2 Å². The van der Waals surface area contributed by atoms with Crippen molar-refractivity contribution in [2.45, 2.75) is 37.4 Å². The first kappa shape index (κ1) is 22.2. The second kappa shape index (κ2) is 11.0. The molecule has 0 bridgehead atoms. The largest absolute Gasteiger partial charge is 0.480 e. The highest BCUT2D eigenvalue weighted by Crippen LogP contribution is 2.16. The molecule has 4 nitrogen and oxygen atoms in total. The highest BCUT2D eigenvalue weighted by Gasteiger charge is 2.30. The third-order valence-corrected chi connectivity index (χ3v) is 6.71. The van der Waals surface area contributed by atoms with Crippen molar-refractivity contribution in [3.05, 3.63) is 76.8 Å². The van der Waals surface area contributed by atoms with E-state index in [9.17, 15) is 18.3 Å². The van der Waals surface area contributed by atoms with E-state index >= 15 is 0 Å². The Labute approximate surface area is 171 Å². The maximum Gasteiger partial charge on any atom is 0.321 e. The molecular formula is C22H25ClO4S. The van der Waals surface area contributed by atoms with E-state index in [0.29, 0.717) is 11.4 Å². The summed E-state index contributed by atoms with van der Waals surface area (Å²) >= 11 is 5.82. The third kappa shape index (κ3) is 7.49. The summed E-state index contributed by atoms with van der Waals surface area (Å²) in [5.41, 5.74) is 2.05. The number of hydrogen-bond acceptors (Lipinski definition) is 3. The zero-order valence-corrected chi connectivity index (χ0v) is 17.2. The molecule has 150 valence electrons. The maximum atomic E-state index is 12.4. The third-order valence-electron chi connectivity index (χ3n) is 4.49. The Hall–Kier alpha value is -2.11. The molecule has 0 aliphatic rings. The monoisotopic (exact) mass is 420 g/mol. The van der Waals surface area contributed by atoms with Crippen LogP contribution in [0.1, 0.15) is 36.8 Å². The number of unbranched alkanes of at least 4 members (excludes halogenated alkanes) is 2. The highest BCUT2D eigenvalue weighted by molar-refractivity contribution is 7.92. The summed E-state index contributed by atoms with van der Waals surface area (Å²) in [6.45, 7) is 0. The average Bonchev–Trinajstić information content (AvgIpc) is 2.66. The van der Waals surface area contributed by atoms with E-state index in [0.717, 1.165) is 24.8 Å². The number of benzene rings is 2. The van der Waals surface area contributed by atoms with Crippen LogP contribution in [0.3, 0.4) is 0 Å². The minimum Gasteiger partial charge on any atom is -0.480 e. The summed E-state index contributed by atoms with van der Waals surface area (Å²) in [5, 5.41) is 8.61. The standard InChI is InChI=1S/C22H25ClO4S/c23-20-15-13-19(14-16-20)11-7-17-28(26,27)21(22(24)25)12-6-2-5-10-18-8-3-1-4-9-18/h1,3-4,7-9,11,13-16,21H,2,5-6,10,12,17H2,(H,24,25). The van der Waals surface area contributed by atoms with E-state index < -0.39 is 21.1 Å². The molecule has 0 fully saturated rings. The second-order valence-electron chi connectivity index (χ2n) is 6.70. The summed E-state index contributed by atoms with van der Waals surface area (Å²) in [6.07, 6.45) is 6.48. The zero-order chi connectivity index (χ0) is 20.4. The zero-order valence-electron chi connectivity index (χ0n) is 15.6. The maximum absolute atomic E-state index is 12.4. The summed E-state index contributed by atoms with van der Waals surface area (Å²) in [6, 6.07) is 17.0. The molecule has 0 aliphatic carbocycles. The van der Waals surface area contributed by atoms with Crippen molar-refractivity contribution in [2.75, 3.05) is 5.75 Å². The minimum atomic E-state index is -3.75. The SMILES string of the molecule is O=C(O)C(CCCCCc1ccccc1)S(=O)(=O)CC=Cc1ccc(Cl)cc1. The number of carbonyl (C=O) groups is 1. The lowest BCUT2D eigenvalue weighted by Gasteiger charge is -2.12. The van der Waals surface area contributed by atoms with E-state index in [4.69, 9.17) is 11.6 Å². The Morgan fingerprint density at radius 2 is 1.68 bits per heavy atom. The molecule has 6 heteroatoms. The van der Waals surface area contributed by atoms with Crippen LogP contribution >= 0.6 is 11.6 Å². The molecular weight excluding hydrogens is 396 g/mol. The minimum absolute atomic E-state index is 0.140. The molecule has 1 atom stereocenters. The lowest BCUT2D eigenvalue weighted by Crippen LogP contribution is -2.31. The Balaban J connectivity index is 1.83. The number of hydrogen-bond donors (Lipinski definition) is 1. The molecule has 0 heterocycles. The van der Waals surface area contributed by atoms with Gasteiger partial charge in [0, 0.05) is 5.02 Å². The van der Waals surface area contributed by atoms with Gasteiger partial charge in [-0.1, -0.05) is 79.1 Å². The van der Waals surface area contributed by atoms with Gasteiger partial charge in [-0.05, 0) is 42.5 Å². The lowest BCUT2D eigenvalue weighted by atomic mass is 10.1. The molecule has 1 unspecified atom stereocenters. The summed E-state index contributed by atoms with van der Waals surface area (Å²) in [4.78, 5) is 11.5. The number of rotatable bonds is 11. The molecule has 0 spiro atoms. The fourth-order valence-corrected chi connectivity index (χ4v) is 4.50. The molecule has 2 aromatic rings. The molecule has 0 saturated heterocycles. The van der Waals surface area contributed by atoms with Gasteiger partial charge >= 0.3 is 5.97 Å². The fraction of sp³-hybridized carbons (Fsp3) is 0.318. The van der Waals surface area contributed by atoms with Gasteiger partial charge < -0.3 is 5.11 Å². The van der Waals surface area contributed by atoms with E-state index in [1.807, 2.05) is 18.2 Å². The number of aliphatic carboxylic acids is 1. The lowest BCUT2D eigenvalue weighted by molar-refractivity contribution is -0.136. The highest BCUT2D eigenvalue weighted by atomic mass is 35.5. The van der Waals surface area contributed by atoms with Crippen molar-refractivity contribution in [3.8, 4) is 0 Å². The molecule has 0 radical (unpaired) electrons. The smallest absolute Gasteiger partial charge is 0.321 e. The number of aryl methyl sites for hydroxylation is 1. The molecule has 0 amide bonds. The van der Waals surface area contributed by atoms with Gasteiger partial charge in [-0.3, -0.25) is 4.79 Å². The average molecular weight is 421 g/mol. The van der Waals surface area contributed by atoms with Gasteiger partial charge in [0.25, 0.3) is 0 Å². The van der Waals surface area contributed by atoms with Crippen LogP contribution in [-0.2, 0) is 21.1 Å². The first-order chi connectivity index (χ1) is 13.4. The van der Waals surface area contributed by atoms with E-state index in [2.05, 4.69) is 12.1 Å². The van der Waals surface area contributed by atoms with Gasteiger partial charge in [0.15, 0.2) is 15.1 Å². The second-order valence-corrected chi connectivity index (χ2v) is 9.36. The van der Waals surface area contributed by atoms with E-state index in [1.54, 1.807) is 30.3 Å². The van der Waals surface area contributed by atoms with E-state index in [1.165, 1.54) is 11.6 Å². The molecule has 0 aromatic heterocycles. The van der Waals surface area contributed by atoms with Crippen LogP contribution in [0.4, 0.5) is 0 Å². The van der Waals surface area contributed by atoms with Gasteiger partial charge in [-0.15, -0.1) is 0 Å². The Morgan fingerprint density at radius 1 is 1.00 bits per heavy atom. The van der Waals surface area contributed by atoms with Crippen molar-refractivity contribution in [1.29, 1.82) is 0 Å². The van der Waals surface area contributed by atoms with Crippen LogP contribution in [0.5, 0.6) is 0 Å². The van der Waals surface area contributed by atoms with Gasteiger partial charge in [0.1, 0.15) is 0 Å². The van der Waals surface area contributed by atoms with Crippen molar-refractivity contribution in [2.24, 2.45) is 0 Å². The number of carboxylic acids is 1. The molecule has 2 aromatic carbocycles. The van der Waals surface area contributed by atoms with Crippen LogP contribution in [0.25, 0.3) is 6.08 Å². The normalized spacial score (nSPS) is 12.9. The predicted molar refractivity (Wildman–Crippen MR) is 114 cm³/mol. The molecule has 1 N–H and O–H groups in total. The Morgan fingerprint density at radius 3 is 2.32 bits per heavy atom. The number of carboxylic acid groups (broad SMARTS) is 1. The van der Waals surface area contributed by atoms with Gasteiger partial charge in [-0.25, -0.2) is 8.42 Å². The topological polar surface area (TPSA) is 71.4 Å². The summed E-state index contributed by atoms with van der Waals surface area (Å²) in [7, 11) is -3.75. The first-order valence-electron chi connectivity index (χ1n) is 9.29. The van der Waals surface area contributed by atoms with Crippen molar-refractivity contribution < 1.29 is 18.3 Å². The Kier molecular flexibility index (Phi) is 8.74. The van der Waals surface area contributed by atoms with Gasteiger partial charge in [0.05, 0.1) is 5.75 Å². The summed E-state index contributed by atoms with van der Waals surface area (Å²) in [5.74, 6) is -1.57. The molecule has 2 rings (SSSR count). The van der Waals surface area contributed by atoms with Crippen LogP contribution in [0.2, 0.25) is 5.02 Å². The Bertz CT molecular complexity index is 875. The predicted octanol–water partition coefficient (Wildman–Crippen LogP) is 5.02. The van der Waals surface area contributed by atoms with Crippen molar-refractivity contribution in [1.82, 2.24) is 0 Å². The molecule has 28 heavy (non-hydrogen) atoms. The van der Waals surface area contributed by atoms with Crippen molar-refractivity contribution >= 4 is 33.5 Å². The molecule has 0 aliphatic heterocycles. The van der Waals surface area contributed by atoms with Crippen LogP contribution < -0.4 is 0 Å². The van der Waals surface area contributed by atoms with Crippen molar-refractivity contribution in [3.63, 3.8) is 0 Å². The first-order valence-corrected chi connectivity index (χ1v) is 11.4. The van der Waals surface area contributed by atoms with Gasteiger partial charge in [0.2, 0.25) is 0 Å². The summed E-state index contributed by atoms with van der Waals surface area (Å²) < 4.78 is 24.9. The van der Waals surface area contributed by atoms with Gasteiger partial charge in [-0.2, -0.15) is 0 Å². The van der Waals surface area contributed by atoms with Crippen LogP contribution in [-0.4, -0.2) is 30.5 Å². The quantitative estimate of drug-likeness (QED) is 0.518. The number of sulfone groups is 1. The number of halogens is 1. The fourth-order valence-electron chi connectivity index (χ4n) is 2.95.